The minimum atomic E-state index is -0.144. The summed E-state index contributed by atoms with van der Waals surface area (Å²) in [5, 5.41) is 8.88. The number of H-pyrrole nitrogens is 2. The Morgan fingerprint density at radius 1 is 1.08 bits per heavy atom. The van der Waals surface area contributed by atoms with Gasteiger partial charge in [0.1, 0.15) is 5.82 Å². The molecule has 6 nitrogen and oxygen atoms in total. The van der Waals surface area contributed by atoms with Crippen LogP contribution < -0.4 is 5.56 Å². The summed E-state index contributed by atoms with van der Waals surface area (Å²) in [5.41, 5.74) is 1.43. The van der Waals surface area contributed by atoms with Crippen molar-refractivity contribution in [1.29, 1.82) is 0 Å². The van der Waals surface area contributed by atoms with E-state index in [1.165, 1.54) is 11.8 Å². The third kappa shape index (κ3) is 3.36. The average Bonchev–Trinajstić information content (AvgIpc) is 3.10. The fourth-order valence-electron chi connectivity index (χ4n) is 2.55. The first-order chi connectivity index (χ1) is 12.6. The normalized spacial score (nSPS) is 12.4. The number of hydrogen-bond donors (Lipinski definition) is 2. The van der Waals surface area contributed by atoms with Crippen LogP contribution in [0.15, 0.2) is 58.5 Å². The summed E-state index contributed by atoms with van der Waals surface area (Å²) in [6.45, 7) is 1.95. The summed E-state index contributed by atoms with van der Waals surface area (Å²) in [4.78, 5) is 24.1. The molecule has 0 unspecified atom stereocenters. The van der Waals surface area contributed by atoms with Crippen LogP contribution in [0.25, 0.3) is 22.3 Å². The molecule has 8 heteroatoms. The summed E-state index contributed by atoms with van der Waals surface area (Å²) in [6, 6.07) is 14.6. The van der Waals surface area contributed by atoms with Crippen LogP contribution in [0.1, 0.15) is 18.0 Å². The largest absolute Gasteiger partial charge is 0.309 e. The molecule has 4 aromatic rings. The Labute approximate surface area is 158 Å². The highest BCUT2D eigenvalue weighted by atomic mass is 35.5. The second kappa shape index (κ2) is 6.93. The van der Waals surface area contributed by atoms with E-state index in [-0.39, 0.29) is 10.8 Å². The molecule has 0 radical (unpaired) electrons. The van der Waals surface area contributed by atoms with Crippen LogP contribution in [-0.4, -0.2) is 25.1 Å². The van der Waals surface area contributed by atoms with Gasteiger partial charge < -0.3 is 4.98 Å². The number of fused-ring (bicyclic) bond motifs is 1. The lowest BCUT2D eigenvalue weighted by Crippen LogP contribution is -2.12. The molecule has 0 bridgehead atoms. The summed E-state index contributed by atoms with van der Waals surface area (Å²) in [5.74, 6) is 1.26. The lowest BCUT2D eigenvalue weighted by molar-refractivity contribution is 0.904. The highest BCUT2D eigenvalue weighted by Crippen LogP contribution is 2.31. The Bertz CT molecular complexity index is 1120. The predicted molar refractivity (Wildman–Crippen MR) is 103 cm³/mol. The maximum Gasteiger partial charge on any atom is 0.258 e. The predicted octanol–water partition coefficient (Wildman–Crippen LogP) is 4.21. The van der Waals surface area contributed by atoms with Crippen molar-refractivity contribution in [2.45, 2.75) is 17.3 Å². The molecule has 2 heterocycles. The number of benzene rings is 2. The van der Waals surface area contributed by atoms with Gasteiger partial charge in [0.05, 0.1) is 16.2 Å². The zero-order chi connectivity index (χ0) is 18.1. The van der Waals surface area contributed by atoms with Crippen molar-refractivity contribution in [3.8, 4) is 11.4 Å². The van der Waals surface area contributed by atoms with E-state index in [4.69, 9.17) is 11.6 Å². The van der Waals surface area contributed by atoms with Gasteiger partial charge in [-0.05, 0) is 43.3 Å². The Hall–Kier alpha value is -2.64. The van der Waals surface area contributed by atoms with Gasteiger partial charge in [0.15, 0.2) is 5.82 Å². The SMILES string of the molecule is C[C@@H](Sc1n[nH]c(-c2ccc(Cl)cc2)n1)c1nc2ccccc2c(=O)[nH]1. The number of nitrogens with zero attached hydrogens (tertiary/aromatic N) is 3. The summed E-state index contributed by atoms with van der Waals surface area (Å²) >= 11 is 7.33. The van der Waals surface area contributed by atoms with Crippen LogP contribution in [0.2, 0.25) is 5.02 Å². The van der Waals surface area contributed by atoms with Gasteiger partial charge in [0.25, 0.3) is 5.56 Å². The average molecular weight is 384 g/mol. The van der Waals surface area contributed by atoms with Crippen molar-refractivity contribution in [2.24, 2.45) is 0 Å². The highest BCUT2D eigenvalue weighted by molar-refractivity contribution is 7.99. The fraction of sp³-hybridized carbons (Fsp3) is 0.111. The molecule has 0 spiro atoms. The summed E-state index contributed by atoms with van der Waals surface area (Å²) in [7, 11) is 0. The van der Waals surface area contributed by atoms with E-state index < -0.39 is 0 Å². The lowest BCUT2D eigenvalue weighted by Gasteiger charge is -2.08. The fourth-order valence-corrected chi connectivity index (χ4v) is 3.45. The quantitative estimate of drug-likeness (QED) is 0.515. The molecule has 0 saturated carbocycles. The van der Waals surface area contributed by atoms with Crippen molar-refractivity contribution in [1.82, 2.24) is 25.1 Å². The van der Waals surface area contributed by atoms with E-state index in [0.717, 1.165) is 5.56 Å². The molecule has 0 fully saturated rings. The van der Waals surface area contributed by atoms with Crippen LogP contribution in [0.3, 0.4) is 0 Å². The van der Waals surface area contributed by atoms with E-state index in [1.54, 1.807) is 18.2 Å². The number of nitrogens with one attached hydrogen (secondary N) is 2. The number of aromatic amines is 2. The standard InChI is InChI=1S/C18H14ClN5OS/c1-10(15-20-14-5-3-2-4-13(14)17(25)21-15)26-18-22-16(23-24-18)11-6-8-12(19)9-7-11/h2-10H,1H3,(H,20,21,25)(H,22,23,24)/t10-/m1/s1. The van der Waals surface area contributed by atoms with Crippen LogP contribution in [0, 0.1) is 0 Å². The van der Waals surface area contributed by atoms with E-state index in [9.17, 15) is 4.79 Å². The molecular formula is C18H14ClN5OS. The molecule has 0 aliphatic heterocycles. The lowest BCUT2D eigenvalue weighted by atomic mass is 10.2. The monoisotopic (exact) mass is 383 g/mol. The molecule has 2 aromatic heterocycles. The number of para-hydroxylation sites is 1. The van der Waals surface area contributed by atoms with E-state index in [1.807, 2.05) is 37.3 Å². The number of aromatic nitrogens is 5. The molecule has 0 saturated heterocycles. The van der Waals surface area contributed by atoms with Crippen molar-refractivity contribution < 1.29 is 0 Å². The maximum atomic E-state index is 12.2. The molecule has 0 aliphatic carbocycles. The summed E-state index contributed by atoms with van der Waals surface area (Å²) in [6.07, 6.45) is 0. The molecule has 26 heavy (non-hydrogen) atoms. The maximum absolute atomic E-state index is 12.2. The van der Waals surface area contributed by atoms with Crippen molar-refractivity contribution in [3.63, 3.8) is 0 Å². The first-order valence-corrected chi connectivity index (χ1v) is 9.20. The van der Waals surface area contributed by atoms with Crippen molar-refractivity contribution in [3.05, 3.63) is 69.7 Å². The van der Waals surface area contributed by atoms with Gasteiger partial charge in [0, 0.05) is 10.6 Å². The Morgan fingerprint density at radius 3 is 2.65 bits per heavy atom. The molecule has 0 aliphatic rings. The number of halogens is 1. The number of thioether (sulfide) groups is 1. The van der Waals surface area contributed by atoms with E-state index in [0.29, 0.717) is 32.7 Å². The topological polar surface area (TPSA) is 87.3 Å². The minimum Gasteiger partial charge on any atom is -0.309 e. The van der Waals surface area contributed by atoms with Gasteiger partial charge >= 0.3 is 0 Å². The Kier molecular flexibility index (Phi) is 4.48. The van der Waals surface area contributed by atoms with Gasteiger partial charge in [-0.1, -0.05) is 35.5 Å². The highest BCUT2D eigenvalue weighted by Gasteiger charge is 2.15. The van der Waals surface area contributed by atoms with Crippen LogP contribution in [0.4, 0.5) is 0 Å². The third-order valence-corrected chi connectivity index (χ3v) is 5.10. The van der Waals surface area contributed by atoms with Crippen LogP contribution in [0.5, 0.6) is 0 Å². The zero-order valence-electron chi connectivity index (χ0n) is 13.7. The first kappa shape index (κ1) is 16.8. The van der Waals surface area contributed by atoms with Gasteiger partial charge in [-0.15, -0.1) is 5.10 Å². The van der Waals surface area contributed by atoms with Crippen LogP contribution >= 0.6 is 23.4 Å². The molecule has 130 valence electrons. The van der Waals surface area contributed by atoms with Gasteiger partial charge in [0.2, 0.25) is 5.16 Å². The second-order valence-electron chi connectivity index (χ2n) is 5.70. The molecule has 2 aromatic carbocycles. The van der Waals surface area contributed by atoms with Gasteiger partial charge in [-0.2, -0.15) is 0 Å². The molecule has 2 N–H and O–H groups in total. The van der Waals surface area contributed by atoms with Crippen LogP contribution in [-0.2, 0) is 0 Å². The third-order valence-electron chi connectivity index (χ3n) is 3.88. The number of rotatable bonds is 4. The van der Waals surface area contributed by atoms with Crippen molar-refractivity contribution in [2.75, 3.05) is 0 Å². The second-order valence-corrected chi connectivity index (χ2v) is 7.45. The Balaban J connectivity index is 1.58. The summed E-state index contributed by atoms with van der Waals surface area (Å²) < 4.78 is 0. The van der Waals surface area contributed by atoms with Gasteiger partial charge in [-0.3, -0.25) is 9.89 Å². The Morgan fingerprint density at radius 2 is 1.85 bits per heavy atom. The minimum absolute atomic E-state index is 0.110. The van der Waals surface area contributed by atoms with Crippen molar-refractivity contribution >= 4 is 34.3 Å². The molecule has 0 amide bonds. The smallest absolute Gasteiger partial charge is 0.258 e. The zero-order valence-corrected chi connectivity index (χ0v) is 15.3. The van der Waals surface area contributed by atoms with Gasteiger partial charge in [-0.25, -0.2) is 9.97 Å². The van der Waals surface area contributed by atoms with E-state index >= 15 is 0 Å². The number of hydrogen-bond acceptors (Lipinski definition) is 5. The molecular weight excluding hydrogens is 370 g/mol. The first-order valence-electron chi connectivity index (χ1n) is 7.94. The molecule has 1 atom stereocenters. The molecule has 4 rings (SSSR count). The van der Waals surface area contributed by atoms with E-state index in [2.05, 4.69) is 25.1 Å².